The Kier molecular flexibility index (Phi) is 36.9. The third-order valence-electron chi connectivity index (χ3n) is 9.24. The van der Waals surface area contributed by atoms with Crippen molar-refractivity contribution in [1.82, 2.24) is 5.32 Å². The molecule has 6 nitrogen and oxygen atoms in total. The highest BCUT2D eigenvalue weighted by molar-refractivity contribution is 5.77. The molecule has 0 saturated heterocycles. The highest BCUT2D eigenvalue weighted by Crippen LogP contribution is 2.16. The van der Waals surface area contributed by atoms with Crippen LogP contribution in [0.15, 0.2) is 60.8 Å². The molecule has 0 fully saturated rings. The molecule has 1 amide bonds. The topological polar surface area (TPSA) is 95.9 Å². The van der Waals surface area contributed by atoms with E-state index in [1.54, 1.807) is 0 Å². The van der Waals surface area contributed by atoms with E-state index in [0.29, 0.717) is 19.3 Å². The lowest BCUT2D eigenvalue weighted by Gasteiger charge is -2.24. The van der Waals surface area contributed by atoms with E-state index in [9.17, 15) is 19.8 Å². The van der Waals surface area contributed by atoms with Gasteiger partial charge in [0, 0.05) is 6.42 Å². The molecule has 0 rings (SSSR count). The van der Waals surface area contributed by atoms with Crippen LogP contribution >= 0.6 is 0 Å². The van der Waals surface area contributed by atoms with Gasteiger partial charge in [0.15, 0.2) is 0 Å². The van der Waals surface area contributed by atoms with Crippen LogP contribution in [0.1, 0.15) is 188 Å². The fourth-order valence-corrected chi connectivity index (χ4v) is 6.04. The Hall–Kier alpha value is -2.44. The van der Waals surface area contributed by atoms with Gasteiger partial charge in [0.25, 0.3) is 0 Å². The smallest absolute Gasteiger partial charge is 0.306 e. The lowest BCUT2D eigenvalue weighted by atomic mass is 10.0. The average molecular weight is 714 g/mol. The van der Waals surface area contributed by atoms with Crippen LogP contribution < -0.4 is 5.32 Å². The summed E-state index contributed by atoms with van der Waals surface area (Å²) in [5.74, 6) is -0.554. The Bertz CT molecular complexity index is 937. The van der Waals surface area contributed by atoms with Gasteiger partial charge in [-0.3, -0.25) is 9.59 Å². The molecule has 0 heterocycles. The summed E-state index contributed by atoms with van der Waals surface area (Å²) < 4.78 is 5.83. The van der Waals surface area contributed by atoms with E-state index in [0.717, 1.165) is 57.8 Å². The maximum atomic E-state index is 13.0. The minimum absolute atomic E-state index is 0.0281. The van der Waals surface area contributed by atoms with E-state index in [2.05, 4.69) is 38.2 Å². The van der Waals surface area contributed by atoms with Gasteiger partial charge in [0.1, 0.15) is 6.10 Å². The number of carbonyl (C=O) groups is 2. The number of rotatable bonds is 36. The molecule has 0 aromatic carbocycles. The molecule has 0 aromatic heterocycles. The van der Waals surface area contributed by atoms with Crippen molar-refractivity contribution in [2.75, 3.05) is 6.61 Å². The third kappa shape index (κ3) is 34.4. The predicted octanol–water partition coefficient (Wildman–Crippen LogP) is 11.7. The number of hydrogen-bond donors (Lipinski definition) is 3. The molecule has 3 unspecified atom stereocenters. The van der Waals surface area contributed by atoms with Crippen molar-refractivity contribution in [3.05, 3.63) is 60.8 Å². The predicted molar refractivity (Wildman–Crippen MR) is 218 cm³/mol. The van der Waals surface area contributed by atoms with Crippen molar-refractivity contribution in [2.45, 2.75) is 206 Å². The zero-order valence-electron chi connectivity index (χ0n) is 33.2. The number of aliphatic hydroxyl groups is 2. The van der Waals surface area contributed by atoms with E-state index < -0.39 is 18.2 Å². The average Bonchev–Trinajstić information content (AvgIpc) is 3.12. The summed E-state index contributed by atoms with van der Waals surface area (Å²) in [6, 6.07) is -0.721. The first-order valence-corrected chi connectivity index (χ1v) is 21.1. The number of hydrogen-bond acceptors (Lipinski definition) is 5. The third-order valence-corrected chi connectivity index (χ3v) is 9.24. The van der Waals surface area contributed by atoms with Gasteiger partial charge in [0.2, 0.25) is 5.91 Å². The Balaban J connectivity index is 4.76. The quantitative estimate of drug-likeness (QED) is 0.0341. The van der Waals surface area contributed by atoms with Gasteiger partial charge < -0.3 is 20.3 Å². The summed E-state index contributed by atoms with van der Waals surface area (Å²) in [7, 11) is 0. The molecule has 0 spiro atoms. The van der Waals surface area contributed by atoms with Gasteiger partial charge in [-0.25, -0.2) is 0 Å². The Morgan fingerprint density at radius 1 is 0.588 bits per heavy atom. The molecular weight excluding hydrogens is 634 g/mol. The molecule has 0 saturated carbocycles. The van der Waals surface area contributed by atoms with Crippen molar-refractivity contribution in [3.8, 4) is 0 Å². The van der Waals surface area contributed by atoms with Crippen molar-refractivity contribution in [3.63, 3.8) is 0 Å². The van der Waals surface area contributed by atoms with Crippen LogP contribution in [-0.4, -0.2) is 46.9 Å². The minimum atomic E-state index is -0.803. The molecule has 3 N–H and O–H groups in total. The van der Waals surface area contributed by atoms with Crippen LogP contribution in [0.2, 0.25) is 0 Å². The van der Waals surface area contributed by atoms with Crippen LogP contribution in [0, 0.1) is 0 Å². The largest absolute Gasteiger partial charge is 0.462 e. The molecular formula is C45H79NO5. The van der Waals surface area contributed by atoms with Crippen LogP contribution in [0.4, 0.5) is 0 Å². The molecule has 0 aliphatic heterocycles. The van der Waals surface area contributed by atoms with Crippen molar-refractivity contribution < 1.29 is 24.5 Å². The zero-order valence-corrected chi connectivity index (χ0v) is 33.2. The van der Waals surface area contributed by atoms with Crippen LogP contribution in [0.25, 0.3) is 0 Å². The number of nitrogens with one attached hydrogen (secondary N) is 1. The van der Waals surface area contributed by atoms with E-state index in [1.807, 2.05) is 48.6 Å². The summed E-state index contributed by atoms with van der Waals surface area (Å²) >= 11 is 0. The zero-order chi connectivity index (χ0) is 37.5. The normalized spacial score (nSPS) is 14.1. The highest BCUT2D eigenvalue weighted by atomic mass is 16.5. The summed E-state index contributed by atoms with van der Waals surface area (Å²) in [5.41, 5.74) is 0. The molecule has 0 radical (unpaired) electrons. The molecule has 0 aliphatic carbocycles. The number of carbonyl (C=O) groups excluding carboxylic acids is 2. The van der Waals surface area contributed by atoms with E-state index in [-0.39, 0.29) is 24.9 Å². The standard InChI is InChI=1S/C45H79NO5/c1-4-7-10-13-16-19-21-22-23-25-27-30-33-36-41(51-45(50)38-35-32-29-24-18-15-12-9-6-3)39-44(49)46-42(40-47)43(48)37-34-31-28-26-20-17-14-11-8-5-2/h7,10,13,16,19,21-23,25,27,41-43,47-48H,4-6,8-9,11-12,14-15,17-18,20,24,26,28-40H2,1-3H3,(H,46,49)/b10-7+,16-13+,21-19-,23-22-,27-25+. The summed E-state index contributed by atoms with van der Waals surface area (Å²) in [5, 5.41) is 23.5. The van der Waals surface area contributed by atoms with Gasteiger partial charge in [-0.2, -0.15) is 0 Å². The van der Waals surface area contributed by atoms with E-state index in [4.69, 9.17) is 4.74 Å². The molecule has 0 aliphatic rings. The van der Waals surface area contributed by atoms with Gasteiger partial charge in [-0.05, 0) is 38.5 Å². The van der Waals surface area contributed by atoms with Crippen molar-refractivity contribution in [2.24, 2.45) is 0 Å². The fourth-order valence-electron chi connectivity index (χ4n) is 6.04. The molecule has 3 atom stereocenters. The second-order valence-electron chi connectivity index (χ2n) is 14.1. The van der Waals surface area contributed by atoms with Gasteiger partial charge in [-0.1, -0.05) is 197 Å². The first kappa shape index (κ1) is 48.6. The van der Waals surface area contributed by atoms with Crippen LogP contribution in [0.3, 0.4) is 0 Å². The first-order valence-electron chi connectivity index (χ1n) is 21.1. The monoisotopic (exact) mass is 714 g/mol. The Labute approximate surface area is 314 Å². The number of ether oxygens (including phenoxy) is 1. The van der Waals surface area contributed by atoms with Gasteiger partial charge in [0.05, 0.1) is 25.2 Å². The number of allylic oxidation sites excluding steroid dienone is 10. The maximum absolute atomic E-state index is 13.0. The number of unbranched alkanes of at least 4 members (excludes halogenated alkanes) is 18. The molecule has 294 valence electrons. The Morgan fingerprint density at radius 3 is 1.57 bits per heavy atom. The minimum Gasteiger partial charge on any atom is -0.462 e. The van der Waals surface area contributed by atoms with Gasteiger partial charge in [-0.15, -0.1) is 0 Å². The van der Waals surface area contributed by atoms with Crippen LogP contribution in [-0.2, 0) is 14.3 Å². The highest BCUT2D eigenvalue weighted by Gasteiger charge is 2.23. The summed E-state index contributed by atoms with van der Waals surface area (Å²) in [6.45, 7) is 6.26. The molecule has 0 bridgehead atoms. The number of aliphatic hydroxyl groups excluding tert-OH is 2. The fraction of sp³-hybridized carbons (Fsp3) is 0.733. The second kappa shape index (κ2) is 38.8. The number of esters is 1. The summed E-state index contributed by atoms with van der Waals surface area (Å²) in [4.78, 5) is 25.8. The maximum Gasteiger partial charge on any atom is 0.306 e. The Morgan fingerprint density at radius 2 is 1.06 bits per heavy atom. The van der Waals surface area contributed by atoms with Crippen molar-refractivity contribution >= 4 is 11.9 Å². The number of amides is 1. The molecule has 6 heteroatoms. The lowest BCUT2D eigenvalue weighted by molar-refractivity contribution is -0.151. The van der Waals surface area contributed by atoms with E-state index >= 15 is 0 Å². The van der Waals surface area contributed by atoms with Crippen LogP contribution in [0.5, 0.6) is 0 Å². The van der Waals surface area contributed by atoms with Crippen molar-refractivity contribution in [1.29, 1.82) is 0 Å². The molecule has 0 aromatic rings. The first-order chi connectivity index (χ1) is 25.0. The second-order valence-corrected chi connectivity index (χ2v) is 14.1. The van der Waals surface area contributed by atoms with Gasteiger partial charge >= 0.3 is 5.97 Å². The molecule has 51 heavy (non-hydrogen) atoms. The van der Waals surface area contributed by atoms with E-state index in [1.165, 1.54) is 83.5 Å². The lowest BCUT2D eigenvalue weighted by Crippen LogP contribution is -2.46. The summed E-state index contributed by atoms with van der Waals surface area (Å²) in [6.07, 6.45) is 45.7. The SMILES string of the molecule is CC/C=C/C=C/C=C\C=C/C=C/CCCC(CC(=O)NC(CO)C(O)CCCCCCCCCCCC)OC(=O)CCCCCCCCCCC.